The second-order valence-electron chi connectivity index (χ2n) is 4.73. The molecule has 4 nitrogen and oxygen atoms in total. The van der Waals surface area contributed by atoms with Gasteiger partial charge in [-0.05, 0) is 49.6 Å². The number of nitrogens with zero attached hydrogens (tertiary/aromatic N) is 1. The van der Waals surface area contributed by atoms with Crippen LogP contribution in [0.5, 0.6) is 0 Å². The predicted octanol–water partition coefficient (Wildman–Crippen LogP) is 1.88. The van der Waals surface area contributed by atoms with E-state index in [1.807, 2.05) is 0 Å². The topological polar surface area (TPSA) is 64.9 Å². The number of benzene rings is 1. The maximum Gasteiger partial charge on any atom is 0.241 e. The number of nitrogens with one attached hydrogen (secondary N) is 2. The number of piperidine rings is 1. The Kier molecular flexibility index (Phi) is 3.96. The quantitative estimate of drug-likeness (QED) is 0.833. The second kappa shape index (κ2) is 5.65. The highest BCUT2D eigenvalue weighted by Crippen LogP contribution is 2.17. The minimum absolute atomic E-state index is 0.00640. The SMILES string of the molecule is CC1CCCNC1C(=O)Nc1ccc(C#N)cc1. The summed E-state index contributed by atoms with van der Waals surface area (Å²) in [6.07, 6.45) is 2.21. The van der Waals surface area contributed by atoms with E-state index in [-0.39, 0.29) is 11.9 Å². The lowest BCUT2D eigenvalue weighted by Gasteiger charge is -2.28. The summed E-state index contributed by atoms with van der Waals surface area (Å²) in [6, 6.07) is 8.85. The first-order valence-electron chi connectivity index (χ1n) is 6.25. The fourth-order valence-corrected chi connectivity index (χ4v) is 2.25. The van der Waals surface area contributed by atoms with Gasteiger partial charge in [-0.15, -0.1) is 0 Å². The van der Waals surface area contributed by atoms with Crippen LogP contribution in [0.3, 0.4) is 0 Å². The maximum atomic E-state index is 12.1. The van der Waals surface area contributed by atoms with Crippen molar-refractivity contribution in [1.82, 2.24) is 5.32 Å². The normalized spacial score (nSPS) is 23.1. The Morgan fingerprint density at radius 2 is 2.17 bits per heavy atom. The molecule has 2 atom stereocenters. The van der Waals surface area contributed by atoms with Crippen molar-refractivity contribution < 1.29 is 4.79 Å². The minimum Gasteiger partial charge on any atom is -0.325 e. The number of hydrogen-bond acceptors (Lipinski definition) is 3. The first kappa shape index (κ1) is 12.6. The lowest BCUT2D eigenvalue weighted by molar-refractivity contribution is -0.119. The maximum absolute atomic E-state index is 12.1. The Hall–Kier alpha value is -1.86. The van der Waals surface area contributed by atoms with Crippen molar-refractivity contribution in [2.45, 2.75) is 25.8 Å². The zero-order chi connectivity index (χ0) is 13.0. The van der Waals surface area contributed by atoms with Crippen LogP contribution >= 0.6 is 0 Å². The molecule has 18 heavy (non-hydrogen) atoms. The van der Waals surface area contributed by atoms with E-state index in [0.29, 0.717) is 11.5 Å². The standard InChI is InChI=1S/C14H17N3O/c1-10-3-2-8-16-13(10)14(18)17-12-6-4-11(9-15)5-7-12/h4-7,10,13,16H,2-3,8H2,1H3,(H,17,18). The van der Waals surface area contributed by atoms with Gasteiger partial charge in [-0.3, -0.25) is 4.79 Å². The molecule has 94 valence electrons. The zero-order valence-electron chi connectivity index (χ0n) is 10.4. The van der Waals surface area contributed by atoms with Crippen molar-refractivity contribution in [3.8, 4) is 6.07 Å². The summed E-state index contributed by atoms with van der Waals surface area (Å²) in [5, 5.41) is 14.8. The van der Waals surface area contributed by atoms with Crippen LogP contribution in [0.15, 0.2) is 24.3 Å². The van der Waals surface area contributed by atoms with Gasteiger partial charge in [0.25, 0.3) is 0 Å². The molecule has 1 fully saturated rings. The summed E-state index contributed by atoms with van der Waals surface area (Å²) in [5.41, 5.74) is 1.33. The molecule has 4 heteroatoms. The fraction of sp³-hybridized carbons (Fsp3) is 0.429. The van der Waals surface area contributed by atoms with Crippen molar-refractivity contribution in [1.29, 1.82) is 5.26 Å². The summed E-state index contributed by atoms with van der Waals surface area (Å²) in [6.45, 7) is 2.99. The highest BCUT2D eigenvalue weighted by molar-refractivity contribution is 5.95. The molecule has 0 saturated carbocycles. The number of nitriles is 1. The van der Waals surface area contributed by atoms with Gasteiger partial charge in [0.15, 0.2) is 0 Å². The molecule has 1 amide bonds. The first-order valence-corrected chi connectivity index (χ1v) is 6.25. The number of anilines is 1. The molecule has 0 aliphatic carbocycles. The molecule has 1 aliphatic heterocycles. The number of rotatable bonds is 2. The Bertz CT molecular complexity index is 461. The third-order valence-electron chi connectivity index (χ3n) is 3.33. The van der Waals surface area contributed by atoms with Crippen LogP contribution in [0.2, 0.25) is 0 Å². The Balaban J connectivity index is 1.99. The molecule has 0 spiro atoms. The van der Waals surface area contributed by atoms with Crippen LogP contribution in [-0.4, -0.2) is 18.5 Å². The molecular formula is C14H17N3O. The molecule has 1 heterocycles. The van der Waals surface area contributed by atoms with Gasteiger partial charge in [0.05, 0.1) is 17.7 Å². The smallest absolute Gasteiger partial charge is 0.241 e. The fourth-order valence-electron chi connectivity index (χ4n) is 2.25. The highest BCUT2D eigenvalue weighted by atomic mass is 16.2. The Labute approximate surface area is 107 Å². The summed E-state index contributed by atoms with van der Waals surface area (Å²) in [7, 11) is 0. The minimum atomic E-state index is -0.116. The van der Waals surface area contributed by atoms with Gasteiger partial charge in [0.1, 0.15) is 0 Å². The monoisotopic (exact) mass is 243 g/mol. The third kappa shape index (κ3) is 2.88. The van der Waals surface area contributed by atoms with Gasteiger partial charge in [-0.2, -0.15) is 5.26 Å². The van der Waals surface area contributed by atoms with Crippen molar-refractivity contribution in [2.75, 3.05) is 11.9 Å². The first-order chi connectivity index (χ1) is 8.70. The van der Waals surface area contributed by atoms with Crippen molar-refractivity contribution >= 4 is 11.6 Å². The molecule has 1 aromatic carbocycles. The molecular weight excluding hydrogens is 226 g/mol. The van der Waals surface area contributed by atoms with Gasteiger partial charge in [0.2, 0.25) is 5.91 Å². The second-order valence-corrected chi connectivity index (χ2v) is 4.73. The van der Waals surface area contributed by atoms with E-state index < -0.39 is 0 Å². The number of amides is 1. The molecule has 0 bridgehead atoms. The predicted molar refractivity (Wildman–Crippen MR) is 70.0 cm³/mol. The van der Waals surface area contributed by atoms with E-state index in [1.165, 1.54) is 0 Å². The Morgan fingerprint density at radius 1 is 1.44 bits per heavy atom. The molecule has 2 unspecified atom stereocenters. The third-order valence-corrected chi connectivity index (χ3v) is 3.33. The molecule has 2 rings (SSSR count). The highest BCUT2D eigenvalue weighted by Gasteiger charge is 2.27. The molecule has 1 aromatic rings. The number of carbonyl (C=O) groups is 1. The van der Waals surface area contributed by atoms with Crippen molar-refractivity contribution in [2.24, 2.45) is 5.92 Å². The van der Waals surface area contributed by atoms with E-state index >= 15 is 0 Å². The van der Waals surface area contributed by atoms with E-state index in [4.69, 9.17) is 5.26 Å². The van der Waals surface area contributed by atoms with Crippen molar-refractivity contribution in [3.63, 3.8) is 0 Å². The van der Waals surface area contributed by atoms with Gasteiger partial charge in [-0.25, -0.2) is 0 Å². The van der Waals surface area contributed by atoms with Crippen LogP contribution in [0.1, 0.15) is 25.3 Å². The largest absolute Gasteiger partial charge is 0.325 e. The average molecular weight is 243 g/mol. The zero-order valence-corrected chi connectivity index (χ0v) is 10.4. The van der Waals surface area contributed by atoms with E-state index in [9.17, 15) is 4.79 Å². The summed E-state index contributed by atoms with van der Waals surface area (Å²) >= 11 is 0. The summed E-state index contributed by atoms with van der Waals surface area (Å²) < 4.78 is 0. The Morgan fingerprint density at radius 3 is 2.78 bits per heavy atom. The molecule has 1 aliphatic rings. The van der Waals surface area contributed by atoms with Crippen LogP contribution in [0.4, 0.5) is 5.69 Å². The lowest BCUT2D eigenvalue weighted by Crippen LogP contribution is -2.48. The van der Waals surface area contributed by atoms with Crippen LogP contribution in [0.25, 0.3) is 0 Å². The number of carbonyl (C=O) groups excluding carboxylic acids is 1. The van der Waals surface area contributed by atoms with Crippen LogP contribution < -0.4 is 10.6 Å². The average Bonchev–Trinajstić information content (AvgIpc) is 2.40. The molecule has 2 N–H and O–H groups in total. The summed E-state index contributed by atoms with van der Waals surface area (Å²) in [4.78, 5) is 12.1. The molecule has 1 saturated heterocycles. The lowest BCUT2D eigenvalue weighted by atomic mass is 9.92. The molecule has 0 radical (unpaired) electrons. The van der Waals surface area contributed by atoms with Crippen LogP contribution in [-0.2, 0) is 4.79 Å². The van der Waals surface area contributed by atoms with E-state index in [2.05, 4.69) is 23.6 Å². The summed E-state index contributed by atoms with van der Waals surface area (Å²) in [5.74, 6) is 0.365. The van der Waals surface area contributed by atoms with Crippen molar-refractivity contribution in [3.05, 3.63) is 29.8 Å². The van der Waals surface area contributed by atoms with Crippen LogP contribution in [0, 0.1) is 17.2 Å². The molecule has 0 aromatic heterocycles. The number of hydrogen-bond donors (Lipinski definition) is 2. The van der Waals surface area contributed by atoms with E-state index in [0.717, 1.165) is 25.1 Å². The van der Waals surface area contributed by atoms with Gasteiger partial charge < -0.3 is 10.6 Å². The van der Waals surface area contributed by atoms with Gasteiger partial charge in [0, 0.05) is 5.69 Å². The van der Waals surface area contributed by atoms with E-state index in [1.54, 1.807) is 24.3 Å². The van der Waals surface area contributed by atoms with Gasteiger partial charge in [-0.1, -0.05) is 6.92 Å². The van der Waals surface area contributed by atoms with Gasteiger partial charge >= 0.3 is 0 Å².